The van der Waals surface area contributed by atoms with E-state index in [0.29, 0.717) is 5.56 Å². The van der Waals surface area contributed by atoms with Gasteiger partial charge < -0.3 is 4.74 Å². The molecule has 0 aromatic heterocycles. The lowest BCUT2D eigenvalue weighted by molar-refractivity contribution is 0.0271. The minimum absolute atomic E-state index is 0.00252. The van der Waals surface area contributed by atoms with Crippen LogP contribution in [0.4, 0.5) is 0 Å². The highest BCUT2D eigenvalue weighted by Gasteiger charge is 2.24. The summed E-state index contributed by atoms with van der Waals surface area (Å²) in [6, 6.07) is 6.23. The van der Waals surface area contributed by atoms with Gasteiger partial charge in [0.1, 0.15) is 6.10 Å². The zero-order valence-corrected chi connectivity index (χ0v) is 17.1. The molecule has 0 spiro atoms. The van der Waals surface area contributed by atoms with E-state index in [4.69, 9.17) is 4.74 Å². The van der Waals surface area contributed by atoms with Crippen LogP contribution in [0.15, 0.2) is 18.2 Å². The fraction of sp³-hybridized carbons (Fsp3) is 0.682. The first kappa shape index (κ1) is 20.0. The monoisotopic (exact) mass is 345 g/mol. The lowest BCUT2D eigenvalue weighted by atomic mass is 9.79. The second-order valence-corrected chi connectivity index (χ2v) is 9.52. The van der Waals surface area contributed by atoms with Crippen LogP contribution in [0.25, 0.3) is 0 Å². The van der Waals surface area contributed by atoms with Gasteiger partial charge >= 0.3 is 5.97 Å². The molecule has 1 aromatic rings. The van der Waals surface area contributed by atoms with Crippen LogP contribution in [0.5, 0.6) is 0 Å². The zero-order chi connectivity index (χ0) is 18.8. The lowest BCUT2D eigenvalue weighted by Crippen LogP contribution is -2.31. The van der Waals surface area contributed by atoms with Gasteiger partial charge in [-0.15, -0.1) is 0 Å². The Hall–Kier alpha value is -1.35. The van der Waals surface area contributed by atoms with Crippen molar-refractivity contribution in [1.29, 1.82) is 0 Å². The van der Waals surface area contributed by atoms with E-state index >= 15 is 0 Å². The van der Waals surface area contributed by atoms with Crippen molar-refractivity contribution in [2.75, 3.05) is 19.6 Å². The Morgan fingerprint density at radius 2 is 1.48 bits per heavy atom. The summed E-state index contributed by atoms with van der Waals surface area (Å²) in [7, 11) is 0. The number of benzene rings is 1. The minimum Gasteiger partial charge on any atom is -0.458 e. The molecule has 1 heterocycles. The summed E-state index contributed by atoms with van der Waals surface area (Å²) in [5.41, 5.74) is 3.03. The molecule has 0 amide bonds. The normalized spacial score (nSPS) is 17.6. The zero-order valence-electron chi connectivity index (χ0n) is 17.1. The molecular weight excluding hydrogens is 310 g/mol. The number of esters is 1. The van der Waals surface area contributed by atoms with E-state index < -0.39 is 0 Å². The Kier molecular flexibility index (Phi) is 5.98. The number of hydrogen-bond donors (Lipinski definition) is 0. The summed E-state index contributed by atoms with van der Waals surface area (Å²) < 4.78 is 5.75. The minimum atomic E-state index is -0.205. The summed E-state index contributed by atoms with van der Waals surface area (Å²) in [6.07, 6.45) is 2.42. The van der Waals surface area contributed by atoms with E-state index in [0.717, 1.165) is 19.6 Å². The second kappa shape index (κ2) is 7.49. The van der Waals surface area contributed by atoms with Crippen LogP contribution in [0.1, 0.15) is 82.8 Å². The van der Waals surface area contributed by atoms with Crippen LogP contribution < -0.4 is 0 Å². The molecule has 25 heavy (non-hydrogen) atoms. The Morgan fingerprint density at radius 1 is 1.00 bits per heavy atom. The number of nitrogens with zero attached hydrogens (tertiary/aromatic N) is 1. The van der Waals surface area contributed by atoms with Gasteiger partial charge in [0.05, 0.1) is 5.56 Å². The summed E-state index contributed by atoms with van der Waals surface area (Å²) in [4.78, 5) is 15.1. The van der Waals surface area contributed by atoms with Gasteiger partial charge in [0, 0.05) is 6.54 Å². The first-order valence-corrected chi connectivity index (χ1v) is 9.56. The summed E-state index contributed by atoms with van der Waals surface area (Å²) in [5, 5.41) is 0. The quantitative estimate of drug-likeness (QED) is 0.725. The van der Waals surface area contributed by atoms with E-state index in [1.807, 2.05) is 19.1 Å². The van der Waals surface area contributed by atoms with Crippen molar-refractivity contribution in [3.63, 3.8) is 0 Å². The third-order valence-electron chi connectivity index (χ3n) is 4.92. The van der Waals surface area contributed by atoms with Gasteiger partial charge in [-0.2, -0.15) is 0 Å². The number of carbonyl (C=O) groups excluding carboxylic acids is 1. The highest BCUT2D eigenvalue weighted by Crippen LogP contribution is 2.30. The molecule has 0 N–H and O–H groups in total. The first-order chi connectivity index (χ1) is 11.5. The van der Waals surface area contributed by atoms with Crippen molar-refractivity contribution < 1.29 is 9.53 Å². The molecule has 1 aromatic carbocycles. The van der Waals surface area contributed by atoms with Crippen molar-refractivity contribution in [2.45, 2.75) is 78.2 Å². The van der Waals surface area contributed by atoms with Crippen LogP contribution in [0.3, 0.4) is 0 Å². The second-order valence-electron chi connectivity index (χ2n) is 9.52. The van der Waals surface area contributed by atoms with E-state index in [1.54, 1.807) is 0 Å². The maximum Gasteiger partial charge on any atom is 0.338 e. The fourth-order valence-electron chi connectivity index (χ4n) is 3.23. The number of likely N-dealkylation sites (tertiary alicyclic amines) is 1. The van der Waals surface area contributed by atoms with Gasteiger partial charge in [0.15, 0.2) is 0 Å². The maximum absolute atomic E-state index is 12.7. The smallest absolute Gasteiger partial charge is 0.338 e. The maximum atomic E-state index is 12.7. The third kappa shape index (κ3) is 5.57. The summed E-state index contributed by atoms with van der Waals surface area (Å²) in [5.74, 6) is -0.205. The lowest BCUT2D eigenvalue weighted by Gasteiger charge is -2.26. The third-order valence-corrected chi connectivity index (χ3v) is 4.92. The van der Waals surface area contributed by atoms with Crippen molar-refractivity contribution >= 4 is 5.97 Å². The fourth-order valence-corrected chi connectivity index (χ4v) is 3.23. The average Bonchev–Trinajstić information content (AvgIpc) is 2.97. The number of carbonyl (C=O) groups is 1. The van der Waals surface area contributed by atoms with Gasteiger partial charge in [0.25, 0.3) is 0 Å². The van der Waals surface area contributed by atoms with E-state index in [2.05, 4.69) is 52.5 Å². The van der Waals surface area contributed by atoms with Crippen LogP contribution >= 0.6 is 0 Å². The molecule has 3 nitrogen and oxygen atoms in total. The van der Waals surface area contributed by atoms with Crippen LogP contribution in [0, 0.1) is 0 Å². The highest BCUT2D eigenvalue weighted by molar-refractivity contribution is 5.90. The summed E-state index contributed by atoms with van der Waals surface area (Å²) >= 11 is 0. The van der Waals surface area contributed by atoms with E-state index in [-0.39, 0.29) is 22.9 Å². The number of rotatable bonds is 4. The molecule has 140 valence electrons. The van der Waals surface area contributed by atoms with Crippen molar-refractivity contribution in [1.82, 2.24) is 4.90 Å². The topological polar surface area (TPSA) is 29.5 Å². The Morgan fingerprint density at radius 3 is 1.92 bits per heavy atom. The van der Waals surface area contributed by atoms with Gasteiger partial charge in [-0.3, -0.25) is 4.90 Å². The van der Waals surface area contributed by atoms with Crippen molar-refractivity contribution in [3.05, 3.63) is 34.9 Å². The number of ether oxygens (including phenoxy) is 1. The predicted octanol–water partition coefficient (Wildman–Crippen LogP) is 4.92. The molecule has 0 radical (unpaired) electrons. The Bertz CT molecular complexity index is 569. The molecule has 1 atom stereocenters. The van der Waals surface area contributed by atoms with Gasteiger partial charge in [-0.05, 0) is 66.9 Å². The molecule has 0 bridgehead atoms. The van der Waals surface area contributed by atoms with E-state index in [9.17, 15) is 4.79 Å². The molecular formula is C22H35NO2. The average molecular weight is 346 g/mol. The molecule has 0 saturated carbocycles. The predicted molar refractivity (Wildman–Crippen MR) is 104 cm³/mol. The molecule has 1 fully saturated rings. The van der Waals surface area contributed by atoms with Crippen LogP contribution in [-0.2, 0) is 15.6 Å². The first-order valence-electron chi connectivity index (χ1n) is 9.56. The van der Waals surface area contributed by atoms with Gasteiger partial charge in [-0.25, -0.2) is 4.79 Å². The molecule has 1 aliphatic rings. The van der Waals surface area contributed by atoms with E-state index in [1.165, 1.54) is 24.0 Å². The molecule has 1 saturated heterocycles. The van der Waals surface area contributed by atoms with Crippen molar-refractivity contribution in [3.8, 4) is 0 Å². The Labute approximate surface area is 153 Å². The largest absolute Gasteiger partial charge is 0.458 e. The van der Waals surface area contributed by atoms with Gasteiger partial charge in [-0.1, -0.05) is 47.6 Å². The highest BCUT2D eigenvalue weighted by atomic mass is 16.5. The van der Waals surface area contributed by atoms with Crippen LogP contribution in [0.2, 0.25) is 0 Å². The molecule has 1 unspecified atom stereocenters. The Balaban J connectivity index is 2.19. The molecule has 2 rings (SSSR count). The van der Waals surface area contributed by atoms with Crippen LogP contribution in [-0.4, -0.2) is 36.6 Å². The summed E-state index contributed by atoms with van der Waals surface area (Å²) in [6.45, 7) is 18.1. The standard InChI is InChI=1S/C22H35NO2/c1-16(15-23-10-8-9-11-23)25-20(24)17-12-18(21(2,3)4)14-19(13-17)22(5,6)7/h12-14,16H,8-11,15H2,1-7H3. The molecule has 3 heteroatoms. The van der Waals surface area contributed by atoms with Crippen molar-refractivity contribution in [2.24, 2.45) is 0 Å². The molecule has 1 aliphatic heterocycles. The SMILES string of the molecule is CC(CN1CCCC1)OC(=O)c1cc(C(C)(C)C)cc(C(C)(C)C)c1. The van der Waals surface area contributed by atoms with Gasteiger partial charge in [0.2, 0.25) is 0 Å². The molecule has 0 aliphatic carbocycles. The number of hydrogen-bond acceptors (Lipinski definition) is 3.